The zero-order valence-electron chi connectivity index (χ0n) is 12.5. The van der Waals surface area contributed by atoms with Crippen LogP contribution >= 0.6 is 0 Å². The van der Waals surface area contributed by atoms with Crippen LogP contribution in [0.4, 0.5) is 5.69 Å². The summed E-state index contributed by atoms with van der Waals surface area (Å²) in [5.41, 5.74) is 1.07. The Morgan fingerprint density at radius 1 is 1.15 bits per heavy atom. The first kappa shape index (κ1) is 14.6. The number of benzene rings is 1. The molecule has 0 bridgehead atoms. The van der Waals surface area contributed by atoms with Crippen LogP contribution in [0.5, 0.6) is 0 Å². The van der Waals surface area contributed by atoms with E-state index in [1.54, 1.807) is 24.3 Å². The molecule has 0 aromatic heterocycles. The van der Waals surface area contributed by atoms with Crippen molar-refractivity contribution in [2.24, 2.45) is 11.8 Å². The number of anilines is 1. The SMILES string of the molecule is CC1CC1C(=O)Nc1ccc(C(=O)NC(C)(C)C)cc1. The molecule has 0 radical (unpaired) electrons. The van der Waals surface area contributed by atoms with Crippen molar-refractivity contribution < 1.29 is 9.59 Å². The maximum atomic E-state index is 12.0. The Labute approximate surface area is 119 Å². The van der Waals surface area contributed by atoms with E-state index < -0.39 is 0 Å². The van der Waals surface area contributed by atoms with Crippen molar-refractivity contribution in [3.05, 3.63) is 29.8 Å². The van der Waals surface area contributed by atoms with Crippen molar-refractivity contribution in [1.82, 2.24) is 5.32 Å². The van der Waals surface area contributed by atoms with Crippen LogP contribution in [0.2, 0.25) is 0 Å². The van der Waals surface area contributed by atoms with E-state index in [9.17, 15) is 9.59 Å². The molecule has 2 atom stereocenters. The Bertz CT molecular complexity index is 514. The standard InChI is InChI=1S/C16H22N2O2/c1-10-9-13(10)15(20)17-12-7-5-11(6-8-12)14(19)18-16(2,3)4/h5-8,10,13H,9H2,1-4H3,(H,17,20)(H,18,19). The number of rotatable bonds is 3. The minimum Gasteiger partial charge on any atom is -0.347 e. The Hall–Kier alpha value is -1.84. The van der Waals surface area contributed by atoms with Crippen molar-refractivity contribution in [3.8, 4) is 0 Å². The maximum absolute atomic E-state index is 12.0. The summed E-state index contributed by atoms with van der Waals surface area (Å²) in [6.45, 7) is 7.90. The van der Waals surface area contributed by atoms with Crippen LogP contribution in [0.1, 0.15) is 44.5 Å². The number of hydrogen-bond acceptors (Lipinski definition) is 2. The molecule has 20 heavy (non-hydrogen) atoms. The van der Waals surface area contributed by atoms with Crippen molar-refractivity contribution in [1.29, 1.82) is 0 Å². The second kappa shape index (κ2) is 5.27. The van der Waals surface area contributed by atoms with Gasteiger partial charge in [0.15, 0.2) is 0 Å². The molecule has 1 aromatic rings. The van der Waals surface area contributed by atoms with E-state index in [4.69, 9.17) is 0 Å². The molecule has 0 spiro atoms. The van der Waals surface area contributed by atoms with Crippen molar-refractivity contribution in [3.63, 3.8) is 0 Å². The molecule has 0 heterocycles. The van der Waals surface area contributed by atoms with Crippen molar-refractivity contribution in [2.45, 2.75) is 39.7 Å². The van der Waals surface area contributed by atoms with Gasteiger partial charge in [0.2, 0.25) is 5.91 Å². The Balaban J connectivity index is 1.96. The molecule has 2 rings (SSSR count). The second-order valence-corrected chi connectivity index (χ2v) is 6.59. The topological polar surface area (TPSA) is 58.2 Å². The van der Waals surface area contributed by atoms with E-state index in [1.807, 2.05) is 20.8 Å². The molecule has 2 N–H and O–H groups in total. The minimum atomic E-state index is -0.258. The largest absolute Gasteiger partial charge is 0.347 e. The summed E-state index contributed by atoms with van der Waals surface area (Å²) in [5.74, 6) is 0.612. The van der Waals surface area contributed by atoms with E-state index in [0.717, 1.165) is 12.1 Å². The monoisotopic (exact) mass is 274 g/mol. The first-order chi connectivity index (χ1) is 9.26. The summed E-state index contributed by atoms with van der Waals surface area (Å²) >= 11 is 0. The normalized spacial score (nSPS) is 21.2. The van der Waals surface area contributed by atoms with Gasteiger partial charge in [-0.2, -0.15) is 0 Å². The van der Waals surface area contributed by atoms with Gasteiger partial charge in [0, 0.05) is 22.7 Å². The molecule has 1 saturated carbocycles. The van der Waals surface area contributed by atoms with E-state index >= 15 is 0 Å². The lowest BCUT2D eigenvalue weighted by atomic mass is 10.1. The highest BCUT2D eigenvalue weighted by Gasteiger charge is 2.39. The summed E-state index contributed by atoms with van der Waals surface area (Å²) < 4.78 is 0. The van der Waals surface area contributed by atoms with Crippen molar-refractivity contribution >= 4 is 17.5 Å². The summed E-state index contributed by atoms with van der Waals surface area (Å²) in [6.07, 6.45) is 0.970. The molecule has 0 saturated heterocycles. The summed E-state index contributed by atoms with van der Waals surface area (Å²) in [6, 6.07) is 6.99. The average molecular weight is 274 g/mol. The highest BCUT2D eigenvalue weighted by Crippen LogP contribution is 2.38. The molecule has 1 aromatic carbocycles. The fourth-order valence-corrected chi connectivity index (χ4v) is 2.04. The predicted molar refractivity (Wildman–Crippen MR) is 79.6 cm³/mol. The van der Waals surface area contributed by atoms with Crippen LogP contribution in [0.3, 0.4) is 0 Å². The van der Waals surface area contributed by atoms with Gasteiger partial charge in [-0.15, -0.1) is 0 Å². The molecule has 2 unspecified atom stereocenters. The van der Waals surface area contributed by atoms with Gasteiger partial charge in [-0.1, -0.05) is 6.92 Å². The third-order valence-electron chi connectivity index (χ3n) is 3.35. The van der Waals surface area contributed by atoms with Crippen LogP contribution < -0.4 is 10.6 Å². The van der Waals surface area contributed by atoms with Crippen molar-refractivity contribution in [2.75, 3.05) is 5.32 Å². The third-order valence-corrected chi connectivity index (χ3v) is 3.35. The number of carbonyl (C=O) groups is 2. The van der Waals surface area contributed by atoms with Crippen LogP contribution in [0.25, 0.3) is 0 Å². The van der Waals surface area contributed by atoms with Gasteiger partial charge in [0.05, 0.1) is 0 Å². The van der Waals surface area contributed by atoms with E-state index in [-0.39, 0.29) is 23.3 Å². The second-order valence-electron chi connectivity index (χ2n) is 6.59. The average Bonchev–Trinajstić information content (AvgIpc) is 3.05. The summed E-state index contributed by atoms with van der Waals surface area (Å²) in [4.78, 5) is 23.8. The molecule has 1 fully saturated rings. The number of amides is 2. The fourth-order valence-electron chi connectivity index (χ4n) is 2.04. The molecule has 1 aliphatic carbocycles. The zero-order chi connectivity index (χ0) is 14.9. The highest BCUT2D eigenvalue weighted by atomic mass is 16.2. The summed E-state index contributed by atoms with van der Waals surface area (Å²) in [7, 11) is 0. The van der Waals surface area contributed by atoms with Gasteiger partial charge in [0.25, 0.3) is 5.91 Å². The lowest BCUT2D eigenvalue weighted by Crippen LogP contribution is -2.40. The van der Waals surface area contributed by atoms with Gasteiger partial charge in [-0.25, -0.2) is 0 Å². The smallest absolute Gasteiger partial charge is 0.251 e. The molecule has 4 nitrogen and oxygen atoms in total. The van der Waals surface area contributed by atoms with E-state index in [2.05, 4.69) is 17.6 Å². The van der Waals surface area contributed by atoms with E-state index in [0.29, 0.717) is 11.5 Å². The van der Waals surface area contributed by atoms with Crippen LogP contribution in [0, 0.1) is 11.8 Å². The van der Waals surface area contributed by atoms with Crippen LogP contribution in [0.15, 0.2) is 24.3 Å². The molecule has 2 amide bonds. The summed E-state index contributed by atoms with van der Waals surface area (Å²) in [5, 5.41) is 5.78. The number of hydrogen-bond donors (Lipinski definition) is 2. The number of carbonyl (C=O) groups excluding carboxylic acids is 2. The Morgan fingerprint density at radius 2 is 1.70 bits per heavy atom. The molecular weight excluding hydrogens is 252 g/mol. The highest BCUT2D eigenvalue weighted by molar-refractivity contribution is 5.97. The first-order valence-corrected chi connectivity index (χ1v) is 7.00. The van der Waals surface area contributed by atoms with Crippen LogP contribution in [-0.2, 0) is 4.79 Å². The number of nitrogens with one attached hydrogen (secondary N) is 2. The van der Waals surface area contributed by atoms with E-state index in [1.165, 1.54) is 0 Å². The lowest BCUT2D eigenvalue weighted by Gasteiger charge is -2.20. The third kappa shape index (κ3) is 3.83. The van der Waals surface area contributed by atoms with Gasteiger partial charge in [0.1, 0.15) is 0 Å². The molecule has 0 aliphatic heterocycles. The Kier molecular flexibility index (Phi) is 3.84. The maximum Gasteiger partial charge on any atom is 0.251 e. The quantitative estimate of drug-likeness (QED) is 0.890. The fraction of sp³-hybridized carbons (Fsp3) is 0.500. The van der Waals surface area contributed by atoms with Crippen LogP contribution in [-0.4, -0.2) is 17.4 Å². The van der Waals surface area contributed by atoms with Gasteiger partial charge >= 0.3 is 0 Å². The Morgan fingerprint density at radius 3 is 2.15 bits per heavy atom. The molecule has 4 heteroatoms. The zero-order valence-corrected chi connectivity index (χ0v) is 12.5. The minimum absolute atomic E-state index is 0.0735. The molecule has 108 valence electrons. The predicted octanol–water partition coefficient (Wildman–Crippen LogP) is 2.81. The lowest BCUT2D eigenvalue weighted by molar-refractivity contribution is -0.117. The van der Waals surface area contributed by atoms with Gasteiger partial charge < -0.3 is 10.6 Å². The molecule has 1 aliphatic rings. The van der Waals surface area contributed by atoms with Gasteiger partial charge in [-0.3, -0.25) is 9.59 Å². The van der Waals surface area contributed by atoms with Gasteiger partial charge in [-0.05, 0) is 57.4 Å². The first-order valence-electron chi connectivity index (χ1n) is 7.00. The molecular formula is C16H22N2O2.